The molecule has 2 atom stereocenters. The zero-order valence-corrected chi connectivity index (χ0v) is 16.5. The van der Waals surface area contributed by atoms with E-state index >= 15 is 0 Å². The van der Waals surface area contributed by atoms with Gasteiger partial charge in [0, 0.05) is 24.5 Å². The van der Waals surface area contributed by atoms with Crippen LogP contribution in [0.25, 0.3) is 0 Å². The van der Waals surface area contributed by atoms with Gasteiger partial charge in [0.25, 0.3) is 0 Å². The number of morpholine rings is 1. The van der Waals surface area contributed by atoms with Crippen molar-refractivity contribution < 1.29 is 28.8 Å². The number of pyridine rings is 1. The third-order valence-electron chi connectivity index (χ3n) is 4.90. The molecule has 1 amide bonds. The number of hydrogen-bond donors (Lipinski definition) is 1. The Kier molecular flexibility index (Phi) is 5.22. The molecule has 150 valence electrons. The lowest BCUT2D eigenvalue weighted by molar-refractivity contribution is -0.141. The van der Waals surface area contributed by atoms with E-state index in [1.165, 1.54) is 14.2 Å². The van der Waals surface area contributed by atoms with Gasteiger partial charge in [0.05, 0.1) is 45.1 Å². The van der Waals surface area contributed by atoms with E-state index in [-0.39, 0.29) is 18.2 Å². The van der Waals surface area contributed by atoms with Gasteiger partial charge in [-0.25, -0.2) is 4.79 Å². The highest BCUT2D eigenvalue weighted by molar-refractivity contribution is 5.69. The van der Waals surface area contributed by atoms with Crippen molar-refractivity contribution in [2.75, 3.05) is 27.4 Å². The molecule has 1 N–H and O–H groups in total. The molecule has 27 heavy (non-hydrogen) atoms. The minimum absolute atomic E-state index is 0.288. The van der Waals surface area contributed by atoms with Crippen molar-refractivity contribution in [1.82, 2.24) is 9.88 Å². The predicted octanol–water partition coefficient (Wildman–Crippen LogP) is 2.08. The summed E-state index contributed by atoms with van der Waals surface area (Å²) in [5, 5.41) is 11.5. The van der Waals surface area contributed by atoms with E-state index in [1.54, 1.807) is 17.0 Å². The number of carbonyl (C=O) groups excluding carboxylic acids is 1. The first kappa shape index (κ1) is 19.7. The number of nitrogens with zero attached hydrogens (tertiary/aromatic N) is 2. The molecule has 0 aromatic carbocycles. The van der Waals surface area contributed by atoms with Gasteiger partial charge < -0.3 is 24.1 Å². The summed E-state index contributed by atoms with van der Waals surface area (Å²) in [4.78, 5) is 18.7. The standard InChI is InChI=1S/C19H28N2O6/c1-18(2,3)27-17(22)21-12-8-19(23,9-13(21)11-26-10-12)14-6-7-15(24-4)20-16(14)25-5/h6-7,12-13,23H,8-11H2,1-5H3. The Morgan fingerprint density at radius 3 is 2.37 bits per heavy atom. The van der Waals surface area contributed by atoms with E-state index in [0.29, 0.717) is 43.4 Å². The summed E-state index contributed by atoms with van der Waals surface area (Å²) in [6.07, 6.45) is 0.253. The normalized spacial score (nSPS) is 27.9. The first-order valence-electron chi connectivity index (χ1n) is 9.08. The minimum atomic E-state index is -1.18. The number of fused-ring (bicyclic) bond motifs is 2. The number of rotatable bonds is 3. The zero-order valence-electron chi connectivity index (χ0n) is 16.5. The van der Waals surface area contributed by atoms with Crippen molar-refractivity contribution in [2.45, 2.75) is 56.9 Å². The number of aliphatic hydroxyl groups is 1. The van der Waals surface area contributed by atoms with Gasteiger partial charge in [0.1, 0.15) is 5.60 Å². The largest absolute Gasteiger partial charge is 0.481 e. The fraction of sp³-hybridized carbons (Fsp3) is 0.684. The second-order valence-corrected chi connectivity index (χ2v) is 8.08. The van der Waals surface area contributed by atoms with Crippen molar-refractivity contribution in [2.24, 2.45) is 0 Å². The highest BCUT2D eigenvalue weighted by atomic mass is 16.6. The molecular weight excluding hydrogens is 352 g/mol. The minimum Gasteiger partial charge on any atom is -0.481 e. The predicted molar refractivity (Wildman–Crippen MR) is 96.9 cm³/mol. The van der Waals surface area contributed by atoms with E-state index in [0.717, 1.165) is 0 Å². The lowest BCUT2D eigenvalue weighted by Gasteiger charge is -2.51. The molecule has 8 heteroatoms. The van der Waals surface area contributed by atoms with Crippen LogP contribution in [0.2, 0.25) is 0 Å². The lowest BCUT2D eigenvalue weighted by Crippen LogP contribution is -2.63. The zero-order chi connectivity index (χ0) is 19.8. The summed E-state index contributed by atoms with van der Waals surface area (Å²) in [5.74, 6) is 0.732. The lowest BCUT2D eigenvalue weighted by atomic mass is 9.77. The summed E-state index contributed by atoms with van der Waals surface area (Å²) in [6, 6.07) is 2.89. The molecule has 2 aliphatic heterocycles. The van der Waals surface area contributed by atoms with Gasteiger partial charge in [-0.05, 0) is 26.8 Å². The smallest absolute Gasteiger partial charge is 0.410 e. The van der Waals surface area contributed by atoms with Crippen LogP contribution in [0.4, 0.5) is 4.79 Å². The van der Waals surface area contributed by atoms with E-state index < -0.39 is 11.2 Å². The van der Waals surface area contributed by atoms with Crippen molar-refractivity contribution in [3.05, 3.63) is 17.7 Å². The van der Waals surface area contributed by atoms with Crippen molar-refractivity contribution in [1.29, 1.82) is 0 Å². The third-order valence-corrected chi connectivity index (χ3v) is 4.90. The fourth-order valence-electron chi connectivity index (χ4n) is 3.86. The summed E-state index contributed by atoms with van der Waals surface area (Å²) in [7, 11) is 3.03. The van der Waals surface area contributed by atoms with Crippen molar-refractivity contribution >= 4 is 6.09 Å². The Hall–Kier alpha value is -2.06. The molecule has 2 fully saturated rings. The van der Waals surface area contributed by atoms with Gasteiger partial charge in [-0.3, -0.25) is 4.90 Å². The van der Waals surface area contributed by atoms with Crippen LogP contribution in [0.1, 0.15) is 39.2 Å². The van der Waals surface area contributed by atoms with Gasteiger partial charge in [-0.15, -0.1) is 0 Å². The van der Waals surface area contributed by atoms with Crippen LogP contribution in [-0.2, 0) is 15.1 Å². The summed E-state index contributed by atoms with van der Waals surface area (Å²) in [5.41, 5.74) is -1.17. The number of methoxy groups -OCH3 is 2. The summed E-state index contributed by atoms with van der Waals surface area (Å²) >= 11 is 0. The van der Waals surface area contributed by atoms with Gasteiger partial charge in [0.2, 0.25) is 11.8 Å². The Balaban J connectivity index is 1.88. The van der Waals surface area contributed by atoms with E-state index in [9.17, 15) is 9.90 Å². The number of aromatic nitrogens is 1. The van der Waals surface area contributed by atoms with Crippen LogP contribution in [0.5, 0.6) is 11.8 Å². The SMILES string of the molecule is COc1ccc(C2(O)CC3COCC(C2)N3C(=O)OC(C)(C)C)c(OC)n1. The molecule has 0 saturated carbocycles. The average molecular weight is 380 g/mol. The van der Waals surface area contributed by atoms with Gasteiger partial charge >= 0.3 is 6.09 Å². The number of ether oxygens (including phenoxy) is 4. The molecule has 2 saturated heterocycles. The number of piperidine rings is 1. The molecule has 2 bridgehead atoms. The quantitative estimate of drug-likeness (QED) is 0.858. The van der Waals surface area contributed by atoms with Crippen LogP contribution in [0.15, 0.2) is 12.1 Å². The Morgan fingerprint density at radius 1 is 1.22 bits per heavy atom. The van der Waals surface area contributed by atoms with E-state index in [4.69, 9.17) is 18.9 Å². The second kappa shape index (κ2) is 7.16. The van der Waals surface area contributed by atoms with Gasteiger partial charge in [0.15, 0.2) is 0 Å². The van der Waals surface area contributed by atoms with Crippen molar-refractivity contribution in [3.8, 4) is 11.8 Å². The Bertz CT molecular complexity index is 688. The molecule has 0 aliphatic carbocycles. The molecule has 2 unspecified atom stereocenters. The van der Waals surface area contributed by atoms with Crippen LogP contribution in [0.3, 0.4) is 0 Å². The monoisotopic (exact) mass is 380 g/mol. The maximum Gasteiger partial charge on any atom is 0.410 e. The molecule has 1 aromatic heterocycles. The molecule has 0 spiro atoms. The summed E-state index contributed by atoms with van der Waals surface area (Å²) < 4.78 is 21.7. The molecule has 3 rings (SSSR count). The highest BCUT2D eigenvalue weighted by Crippen LogP contribution is 2.44. The number of carbonyl (C=O) groups is 1. The fourth-order valence-corrected chi connectivity index (χ4v) is 3.86. The molecule has 0 radical (unpaired) electrons. The van der Waals surface area contributed by atoms with Crippen molar-refractivity contribution in [3.63, 3.8) is 0 Å². The molecular formula is C19H28N2O6. The number of amides is 1. The summed E-state index contributed by atoms with van der Waals surface area (Å²) in [6.45, 7) is 6.22. The average Bonchev–Trinajstić information content (AvgIpc) is 2.58. The first-order chi connectivity index (χ1) is 12.7. The molecule has 3 heterocycles. The Labute approximate surface area is 159 Å². The maximum atomic E-state index is 12.7. The third kappa shape index (κ3) is 3.96. The highest BCUT2D eigenvalue weighted by Gasteiger charge is 2.51. The molecule has 1 aromatic rings. The van der Waals surface area contributed by atoms with E-state index in [1.807, 2.05) is 20.8 Å². The molecule has 2 aliphatic rings. The van der Waals surface area contributed by atoms with Crippen LogP contribution < -0.4 is 9.47 Å². The van der Waals surface area contributed by atoms with Gasteiger partial charge in [-0.1, -0.05) is 0 Å². The van der Waals surface area contributed by atoms with Crippen LogP contribution >= 0.6 is 0 Å². The van der Waals surface area contributed by atoms with Gasteiger partial charge in [-0.2, -0.15) is 4.98 Å². The van der Waals surface area contributed by atoms with Crippen LogP contribution in [0, 0.1) is 0 Å². The van der Waals surface area contributed by atoms with Crippen LogP contribution in [-0.4, -0.2) is 66.2 Å². The topological polar surface area (TPSA) is 90.4 Å². The Morgan fingerprint density at radius 2 is 1.85 bits per heavy atom. The van der Waals surface area contributed by atoms with E-state index in [2.05, 4.69) is 4.98 Å². The molecule has 8 nitrogen and oxygen atoms in total. The second-order valence-electron chi connectivity index (χ2n) is 8.08. The number of hydrogen-bond acceptors (Lipinski definition) is 7. The maximum absolute atomic E-state index is 12.7. The first-order valence-corrected chi connectivity index (χ1v) is 9.08.